The number of nitrogens with one attached hydrogen (secondary N) is 1. The highest BCUT2D eigenvalue weighted by molar-refractivity contribution is 6.30. The third-order valence-corrected chi connectivity index (χ3v) is 3.16. The van der Waals surface area contributed by atoms with Gasteiger partial charge in [0.1, 0.15) is 11.6 Å². The van der Waals surface area contributed by atoms with Crippen LogP contribution in [0.4, 0.5) is 10.1 Å². The number of amides is 1. The molecule has 5 nitrogen and oxygen atoms in total. The minimum atomic E-state index is -0.574. The summed E-state index contributed by atoms with van der Waals surface area (Å²) >= 11 is 5.62. The number of benzene rings is 2. The Balaban J connectivity index is 2.00. The van der Waals surface area contributed by atoms with Crippen LogP contribution >= 0.6 is 11.6 Å². The molecular weight excluding hydrogens is 325 g/mol. The van der Waals surface area contributed by atoms with Crippen molar-refractivity contribution >= 4 is 29.2 Å². The van der Waals surface area contributed by atoms with Crippen molar-refractivity contribution in [3.63, 3.8) is 0 Å². The quantitative estimate of drug-likeness (QED) is 0.850. The van der Waals surface area contributed by atoms with Crippen LogP contribution in [-0.2, 0) is 9.53 Å². The molecule has 0 bridgehead atoms. The Hall–Kier alpha value is -2.60. The number of carbonyl (C=O) groups excluding carboxylic acids is 2. The van der Waals surface area contributed by atoms with Crippen molar-refractivity contribution in [3.8, 4) is 5.75 Å². The molecule has 0 saturated heterocycles. The molecule has 0 aromatic heterocycles. The Kier molecular flexibility index (Phi) is 5.54. The van der Waals surface area contributed by atoms with E-state index >= 15 is 0 Å². The second-order valence-electron chi connectivity index (χ2n) is 4.45. The van der Waals surface area contributed by atoms with Gasteiger partial charge in [0.05, 0.1) is 23.4 Å². The highest BCUT2D eigenvalue weighted by Crippen LogP contribution is 2.21. The first kappa shape index (κ1) is 16.8. The van der Waals surface area contributed by atoms with Crippen molar-refractivity contribution in [1.82, 2.24) is 0 Å². The molecule has 0 fully saturated rings. The first-order valence-electron chi connectivity index (χ1n) is 6.56. The van der Waals surface area contributed by atoms with E-state index in [2.05, 4.69) is 10.1 Å². The average Bonchev–Trinajstić information content (AvgIpc) is 2.55. The smallest absolute Gasteiger partial charge is 0.339 e. The van der Waals surface area contributed by atoms with E-state index in [1.54, 1.807) is 18.2 Å². The van der Waals surface area contributed by atoms with Crippen molar-refractivity contribution in [1.29, 1.82) is 0 Å². The van der Waals surface area contributed by atoms with Crippen molar-refractivity contribution in [2.24, 2.45) is 0 Å². The van der Waals surface area contributed by atoms with Gasteiger partial charge in [-0.1, -0.05) is 23.7 Å². The minimum absolute atomic E-state index is 0.0982. The Morgan fingerprint density at radius 1 is 1.22 bits per heavy atom. The van der Waals surface area contributed by atoms with E-state index in [4.69, 9.17) is 16.3 Å². The molecule has 0 spiro atoms. The summed E-state index contributed by atoms with van der Waals surface area (Å²) in [7, 11) is 1.25. The molecule has 2 aromatic rings. The Morgan fingerprint density at radius 2 is 1.96 bits per heavy atom. The monoisotopic (exact) mass is 337 g/mol. The fourth-order valence-corrected chi connectivity index (χ4v) is 1.95. The summed E-state index contributed by atoms with van der Waals surface area (Å²) in [5.74, 6) is -1.36. The van der Waals surface area contributed by atoms with Gasteiger partial charge in [0.15, 0.2) is 6.61 Å². The zero-order valence-electron chi connectivity index (χ0n) is 12.1. The predicted molar refractivity (Wildman–Crippen MR) is 83.3 cm³/mol. The van der Waals surface area contributed by atoms with E-state index in [0.29, 0.717) is 5.69 Å². The van der Waals surface area contributed by atoms with Gasteiger partial charge >= 0.3 is 5.97 Å². The van der Waals surface area contributed by atoms with Crippen LogP contribution in [0.25, 0.3) is 0 Å². The number of hydrogen-bond donors (Lipinski definition) is 1. The number of carbonyl (C=O) groups is 2. The Labute approximate surface area is 137 Å². The lowest BCUT2D eigenvalue weighted by Gasteiger charge is -2.10. The van der Waals surface area contributed by atoms with Crippen molar-refractivity contribution < 1.29 is 23.5 Å². The molecular formula is C16H13ClFNO4. The van der Waals surface area contributed by atoms with E-state index in [-0.39, 0.29) is 22.9 Å². The Morgan fingerprint density at radius 3 is 2.65 bits per heavy atom. The number of anilines is 1. The standard InChI is InChI=1S/C16H13ClFNO4/c1-22-16(21)11-4-2-3-5-14(11)19-15(20)9-23-10-6-7-13(18)12(17)8-10/h2-8H,9H2,1H3,(H,19,20). The van der Waals surface area contributed by atoms with E-state index in [9.17, 15) is 14.0 Å². The van der Waals surface area contributed by atoms with Crippen LogP contribution < -0.4 is 10.1 Å². The van der Waals surface area contributed by atoms with Gasteiger partial charge in [0.2, 0.25) is 0 Å². The van der Waals surface area contributed by atoms with Gasteiger partial charge in [-0.15, -0.1) is 0 Å². The summed E-state index contributed by atoms with van der Waals surface area (Å²) in [4.78, 5) is 23.5. The maximum Gasteiger partial charge on any atom is 0.339 e. The summed E-state index contributed by atoms with van der Waals surface area (Å²) in [5.41, 5.74) is 0.540. The highest BCUT2D eigenvalue weighted by Gasteiger charge is 2.13. The van der Waals surface area contributed by atoms with Crippen LogP contribution in [0, 0.1) is 5.82 Å². The lowest BCUT2D eigenvalue weighted by Crippen LogP contribution is -2.21. The fourth-order valence-electron chi connectivity index (χ4n) is 1.78. The first-order valence-corrected chi connectivity index (χ1v) is 6.94. The van der Waals surface area contributed by atoms with Crippen LogP contribution in [0.2, 0.25) is 5.02 Å². The van der Waals surface area contributed by atoms with Gasteiger partial charge in [0.25, 0.3) is 5.91 Å². The second kappa shape index (κ2) is 7.60. The van der Waals surface area contributed by atoms with Gasteiger partial charge < -0.3 is 14.8 Å². The number of para-hydroxylation sites is 1. The van der Waals surface area contributed by atoms with E-state index in [1.165, 1.54) is 25.3 Å². The molecule has 0 heterocycles. The highest BCUT2D eigenvalue weighted by atomic mass is 35.5. The van der Waals surface area contributed by atoms with E-state index in [0.717, 1.165) is 6.07 Å². The van der Waals surface area contributed by atoms with E-state index < -0.39 is 17.7 Å². The summed E-state index contributed by atoms with van der Waals surface area (Å²) < 4.78 is 22.9. The van der Waals surface area contributed by atoms with Crippen molar-refractivity contribution in [2.45, 2.75) is 0 Å². The maximum atomic E-state index is 13.0. The van der Waals surface area contributed by atoms with Gasteiger partial charge in [-0.25, -0.2) is 9.18 Å². The first-order chi connectivity index (χ1) is 11.0. The third-order valence-electron chi connectivity index (χ3n) is 2.87. The molecule has 0 atom stereocenters. The molecule has 0 unspecified atom stereocenters. The van der Waals surface area contributed by atoms with Crippen molar-refractivity contribution in [3.05, 3.63) is 58.9 Å². The molecule has 0 saturated carbocycles. The molecule has 2 rings (SSSR count). The van der Waals surface area contributed by atoms with Crippen LogP contribution in [0.1, 0.15) is 10.4 Å². The number of halogens is 2. The molecule has 0 aliphatic carbocycles. The SMILES string of the molecule is COC(=O)c1ccccc1NC(=O)COc1ccc(F)c(Cl)c1. The summed E-state index contributed by atoms with van der Waals surface area (Å²) in [6.45, 7) is -0.322. The average molecular weight is 338 g/mol. The van der Waals surface area contributed by atoms with Gasteiger partial charge in [-0.05, 0) is 24.3 Å². The summed E-state index contributed by atoms with van der Waals surface area (Å²) in [6, 6.07) is 10.2. The lowest BCUT2D eigenvalue weighted by molar-refractivity contribution is -0.118. The molecule has 1 amide bonds. The second-order valence-corrected chi connectivity index (χ2v) is 4.86. The predicted octanol–water partition coefficient (Wildman–Crippen LogP) is 3.28. The summed E-state index contributed by atoms with van der Waals surface area (Å²) in [5, 5.41) is 2.45. The number of esters is 1. The molecule has 0 aliphatic heterocycles. The molecule has 1 N–H and O–H groups in total. The fraction of sp³-hybridized carbons (Fsp3) is 0.125. The maximum absolute atomic E-state index is 13.0. The van der Waals surface area contributed by atoms with Gasteiger partial charge in [0, 0.05) is 6.07 Å². The van der Waals surface area contributed by atoms with Crippen LogP contribution in [0.3, 0.4) is 0 Å². The normalized spacial score (nSPS) is 10.0. The van der Waals surface area contributed by atoms with E-state index in [1.807, 2.05) is 0 Å². The minimum Gasteiger partial charge on any atom is -0.484 e. The van der Waals surface area contributed by atoms with Crippen molar-refractivity contribution in [2.75, 3.05) is 19.0 Å². The molecule has 7 heteroatoms. The van der Waals surface area contributed by atoms with Crippen LogP contribution in [0.15, 0.2) is 42.5 Å². The van der Waals surface area contributed by atoms with Crippen LogP contribution in [0.5, 0.6) is 5.75 Å². The largest absolute Gasteiger partial charge is 0.484 e. The molecule has 0 radical (unpaired) electrons. The zero-order valence-corrected chi connectivity index (χ0v) is 12.9. The van der Waals surface area contributed by atoms with Crippen LogP contribution in [-0.4, -0.2) is 25.6 Å². The number of methoxy groups -OCH3 is 1. The lowest BCUT2D eigenvalue weighted by atomic mass is 10.2. The molecule has 0 aliphatic rings. The molecule has 120 valence electrons. The number of ether oxygens (including phenoxy) is 2. The topological polar surface area (TPSA) is 64.6 Å². The summed E-state index contributed by atoms with van der Waals surface area (Å²) in [6.07, 6.45) is 0. The Bertz CT molecular complexity index is 736. The number of rotatable bonds is 5. The van der Waals surface area contributed by atoms with Gasteiger partial charge in [-0.2, -0.15) is 0 Å². The molecule has 23 heavy (non-hydrogen) atoms. The van der Waals surface area contributed by atoms with Gasteiger partial charge in [-0.3, -0.25) is 4.79 Å². The number of hydrogen-bond acceptors (Lipinski definition) is 4. The molecule has 2 aromatic carbocycles. The zero-order chi connectivity index (χ0) is 16.8. The third kappa shape index (κ3) is 4.43.